The maximum atomic E-state index is 12.6. The highest BCUT2D eigenvalue weighted by Gasteiger charge is 2.24. The van der Waals surface area contributed by atoms with Gasteiger partial charge in [-0.3, -0.25) is 4.79 Å². The van der Waals surface area contributed by atoms with E-state index in [-0.39, 0.29) is 11.2 Å². The summed E-state index contributed by atoms with van der Waals surface area (Å²) in [6.45, 7) is 4.14. The Bertz CT molecular complexity index is 780. The van der Waals surface area contributed by atoms with Crippen LogP contribution < -0.4 is 10.2 Å². The average molecular weight is 401 g/mol. The number of carbonyl (C=O) groups excluding carboxylic acids is 1. The second-order valence-corrected chi connectivity index (χ2v) is 9.00. The van der Waals surface area contributed by atoms with E-state index in [0.29, 0.717) is 6.04 Å². The first-order valence-electron chi connectivity index (χ1n) is 10.3. The molecule has 1 atom stereocenters. The Morgan fingerprint density at radius 1 is 1.11 bits per heavy atom. The molecule has 1 aromatic heterocycles. The number of nitrogens with zero attached hydrogens (tertiary/aromatic N) is 5. The maximum Gasteiger partial charge on any atom is 0.237 e. The molecule has 2 aliphatic rings. The Kier molecular flexibility index (Phi) is 6.14. The number of aromatic nitrogens is 4. The van der Waals surface area contributed by atoms with Gasteiger partial charge in [0.05, 0.1) is 11.3 Å². The van der Waals surface area contributed by atoms with Gasteiger partial charge in [-0.25, -0.2) is 4.68 Å². The van der Waals surface area contributed by atoms with Gasteiger partial charge in [-0.05, 0) is 73.7 Å². The summed E-state index contributed by atoms with van der Waals surface area (Å²) in [4.78, 5) is 15.1. The Morgan fingerprint density at radius 3 is 2.54 bits per heavy atom. The molecule has 2 aromatic rings. The van der Waals surface area contributed by atoms with E-state index in [1.807, 2.05) is 23.7 Å². The molecule has 1 aliphatic heterocycles. The minimum absolute atomic E-state index is 0.0308. The van der Waals surface area contributed by atoms with Crippen molar-refractivity contribution in [3.63, 3.8) is 0 Å². The second kappa shape index (κ2) is 8.94. The third-order valence-electron chi connectivity index (χ3n) is 5.64. The molecule has 0 radical (unpaired) electrons. The first kappa shape index (κ1) is 19.2. The van der Waals surface area contributed by atoms with Crippen molar-refractivity contribution in [1.82, 2.24) is 20.2 Å². The summed E-state index contributed by atoms with van der Waals surface area (Å²) in [5, 5.41) is 15.6. The van der Waals surface area contributed by atoms with Crippen LogP contribution in [-0.2, 0) is 4.79 Å². The zero-order valence-electron chi connectivity index (χ0n) is 16.4. The molecular weight excluding hydrogens is 372 g/mol. The first-order valence-corrected chi connectivity index (χ1v) is 11.2. The van der Waals surface area contributed by atoms with E-state index in [1.54, 1.807) is 0 Å². The van der Waals surface area contributed by atoms with Crippen molar-refractivity contribution in [2.45, 2.75) is 68.3 Å². The van der Waals surface area contributed by atoms with Crippen molar-refractivity contribution < 1.29 is 4.79 Å². The van der Waals surface area contributed by atoms with Gasteiger partial charge in [0.2, 0.25) is 11.1 Å². The van der Waals surface area contributed by atoms with Gasteiger partial charge >= 0.3 is 0 Å². The molecule has 150 valence electrons. The second-order valence-electron chi connectivity index (χ2n) is 7.69. The molecule has 1 amide bonds. The van der Waals surface area contributed by atoms with Gasteiger partial charge in [-0.2, -0.15) is 0 Å². The highest BCUT2D eigenvalue weighted by Crippen LogP contribution is 2.32. The number of carbonyl (C=O) groups is 1. The predicted molar refractivity (Wildman–Crippen MR) is 112 cm³/mol. The van der Waals surface area contributed by atoms with Gasteiger partial charge in [-0.1, -0.05) is 24.6 Å². The van der Waals surface area contributed by atoms with Crippen LogP contribution in [0.5, 0.6) is 0 Å². The van der Waals surface area contributed by atoms with E-state index in [2.05, 4.69) is 37.9 Å². The van der Waals surface area contributed by atoms with Crippen molar-refractivity contribution in [2.75, 3.05) is 23.3 Å². The number of piperidine rings is 1. The Hall–Kier alpha value is -2.09. The lowest BCUT2D eigenvalue weighted by Gasteiger charge is -2.28. The fraction of sp³-hybridized carbons (Fsp3) is 0.600. The SMILES string of the molecule is C[C@H](Sc1nnnn1C1CCCC1)C(=O)Nc1ccc(N2CCCCC2)cc1. The predicted octanol–water partition coefficient (Wildman–Crippen LogP) is 3.90. The monoisotopic (exact) mass is 400 g/mol. The fourth-order valence-corrected chi connectivity index (χ4v) is 4.86. The lowest BCUT2D eigenvalue weighted by molar-refractivity contribution is -0.115. The zero-order chi connectivity index (χ0) is 19.3. The lowest BCUT2D eigenvalue weighted by Crippen LogP contribution is -2.29. The number of nitrogens with one attached hydrogen (secondary N) is 1. The van der Waals surface area contributed by atoms with Crippen LogP contribution in [0.15, 0.2) is 29.4 Å². The number of benzene rings is 1. The number of hydrogen-bond donors (Lipinski definition) is 1. The molecule has 0 unspecified atom stereocenters. The van der Waals surface area contributed by atoms with Gasteiger partial charge in [0.1, 0.15) is 0 Å². The molecule has 1 aromatic carbocycles. The largest absolute Gasteiger partial charge is 0.372 e. The summed E-state index contributed by atoms with van der Waals surface area (Å²) in [6.07, 6.45) is 8.51. The topological polar surface area (TPSA) is 75.9 Å². The van der Waals surface area contributed by atoms with E-state index in [9.17, 15) is 4.79 Å². The molecule has 1 saturated carbocycles. The smallest absolute Gasteiger partial charge is 0.237 e. The standard InChI is InChI=1S/C20H28N6OS/c1-15(28-20-22-23-24-26(20)18-7-3-4-8-18)19(27)21-16-9-11-17(12-10-16)25-13-5-2-6-14-25/h9-12,15,18H,2-8,13-14H2,1H3,(H,21,27)/t15-/m0/s1. The van der Waals surface area contributed by atoms with Crippen LogP contribution in [-0.4, -0.2) is 44.5 Å². The van der Waals surface area contributed by atoms with Crippen molar-refractivity contribution in [1.29, 1.82) is 0 Å². The Morgan fingerprint density at radius 2 is 1.82 bits per heavy atom. The third kappa shape index (κ3) is 4.48. The zero-order valence-corrected chi connectivity index (χ0v) is 17.2. The molecular formula is C20H28N6OS. The normalized spacial score (nSPS) is 19.0. The summed E-state index contributed by atoms with van der Waals surface area (Å²) in [5.74, 6) is -0.0308. The third-order valence-corrected chi connectivity index (χ3v) is 6.69. The van der Waals surface area contributed by atoms with Crippen LogP contribution in [0.4, 0.5) is 11.4 Å². The highest BCUT2D eigenvalue weighted by molar-refractivity contribution is 8.00. The molecule has 28 heavy (non-hydrogen) atoms. The number of amides is 1. The van der Waals surface area contributed by atoms with Crippen LogP contribution in [0.2, 0.25) is 0 Å². The summed E-state index contributed by atoms with van der Waals surface area (Å²) in [7, 11) is 0. The van der Waals surface area contributed by atoms with E-state index in [4.69, 9.17) is 0 Å². The van der Waals surface area contributed by atoms with Crippen molar-refractivity contribution >= 4 is 29.0 Å². The molecule has 1 N–H and O–H groups in total. The van der Waals surface area contributed by atoms with Gasteiger partial charge < -0.3 is 10.2 Å². The summed E-state index contributed by atoms with van der Waals surface area (Å²) >= 11 is 1.42. The van der Waals surface area contributed by atoms with Gasteiger partial charge in [0.15, 0.2) is 0 Å². The van der Waals surface area contributed by atoms with Crippen molar-refractivity contribution in [2.24, 2.45) is 0 Å². The molecule has 4 rings (SSSR count). The summed E-state index contributed by atoms with van der Waals surface area (Å²) in [6, 6.07) is 8.54. The van der Waals surface area contributed by atoms with Crippen LogP contribution in [0.25, 0.3) is 0 Å². The maximum absolute atomic E-state index is 12.6. The molecule has 1 saturated heterocycles. The minimum Gasteiger partial charge on any atom is -0.372 e. The van der Waals surface area contributed by atoms with Crippen molar-refractivity contribution in [3.8, 4) is 0 Å². The Labute approximate surface area is 170 Å². The fourth-order valence-electron chi connectivity index (χ4n) is 4.00. The van der Waals surface area contributed by atoms with E-state index < -0.39 is 0 Å². The number of thioether (sulfide) groups is 1. The van der Waals surface area contributed by atoms with E-state index >= 15 is 0 Å². The quantitative estimate of drug-likeness (QED) is 0.741. The number of anilines is 2. The lowest BCUT2D eigenvalue weighted by atomic mass is 10.1. The molecule has 8 heteroatoms. The number of hydrogen-bond acceptors (Lipinski definition) is 6. The van der Waals surface area contributed by atoms with Gasteiger partial charge in [-0.15, -0.1) is 5.10 Å². The van der Waals surface area contributed by atoms with Crippen LogP contribution in [0.1, 0.15) is 57.9 Å². The molecule has 0 bridgehead atoms. The molecule has 2 fully saturated rings. The minimum atomic E-state index is -0.270. The molecule has 0 spiro atoms. The highest BCUT2D eigenvalue weighted by atomic mass is 32.2. The van der Waals surface area contributed by atoms with Crippen molar-refractivity contribution in [3.05, 3.63) is 24.3 Å². The van der Waals surface area contributed by atoms with Crippen LogP contribution in [0, 0.1) is 0 Å². The van der Waals surface area contributed by atoms with Gasteiger partial charge in [0, 0.05) is 24.5 Å². The van der Waals surface area contributed by atoms with Gasteiger partial charge in [0.25, 0.3) is 0 Å². The molecule has 7 nitrogen and oxygen atoms in total. The summed E-state index contributed by atoms with van der Waals surface area (Å²) < 4.78 is 1.90. The Balaban J connectivity index is 1.34. The molecule has 1 aliphatic carbocycles. The molecule has 2 heterocycles. The average Bonchev–Trinajstić information content (AvgIpc) is 3.41. The summed E-state index contributed by atoms with van der Waals surface area (Å²) in [5.41, 5.74) is 2.06. The van der Waals surface area contributed by atoms with Crippen LogP contribution in [0.3, 0.4) is 0 Å². The van der Waals surface area contributed by atoms with E-state index in [0.717, 1.165) is 36.8 Å². The van der Waals surface area contributed by atoms with Crippen LogP contribution >= 0.6 is 11.8 Å². The number of tetrazole rings is 1. The first-order chi connectivity index (χ1) is 13.7. The number of rotatable bonds is 6. The van der Waals surface area contributed by atoms with E-state index in [1.165, 1.54) is 49.6 Å².